The molecule has 5 nitrogen and oxygen atoms in total. The van der Waals surface area contributed by atoms with Crippen molar-refractivity contribution in [3.8, 4) is 0 Å². The minimum atomic E-state index is -0.177. The highest BCUT2D eigenvalue weighted by molar-refractivity contribution is 5.78. The van der Waals surface area contributed by atoms with Gasteiger partial charge in [0, 0.05) is 26.1 Å². The van der Waals surface area contributed by atoms with Crippen LogP contribution in [0.2, 0.25) is 0 Å². The average Bonchev–Trinajstić information content (AvgIpc) is 2.51. The van der Waals surface area contributed by atoms with E-state index in [4.69, 9.17) is 0 Å². The summed E-state index contributed by atoms with van der Waals surface area (Å²) in [7, 11) is 1.58. The van der Waals surface area contributed by atoms with Crippen LogP contribution in [0.3, 0.4) is 0 Å². The number of carbonyl (C=O) groups excluding carboxylic acids is 2. The van der Waals surface area contributed by atoms with Gasteiger partial charge in [-0.05, 0) is 12.8 Å². The topological polar surface area (TPSA) is 70.2 Å². The maximum Gasteiger partial charge on any atom is 0.314 e. The van der Waals surface area contributed by atoms with E-state index in [-0.39, 0.29) is 18.0 Å². The molecule has 13 heavy (non-hydrogen) atoms. The number of hydrogen-bond acceptors (Lipinski definition) is 2. The van der Waals surface area contributed by atoms with Crippen molar-refractivity contribution in [3.63, 3.8) is 0 Å². The van der Waals surface area contributed by atoms with E-state index in [2.05, 4.69) is 16.0 Å². The van der Waals surface area contributed by atoms with E-state index in [0.29, 0.717) is 13.0 Å². The molecule has 5 heteroatoms. The van der Waals surface area contributed by atoms with E-state index in [0.717, 1.165) is 12.8 Å². The highest BCUT2D eigenvalue weighted by Gasteiger charge is 2.19. The van der Waals surface area contributed by atoms with Gasteiger partial charge in [0.2, 0.25) is 5.91 Å². The van der Waals surface area contributed by atoms with E-state index in [1.807, 2.05) is 0 Å². The Balaban J connectivity index is 2.06. The molecule has 1 rings (SSSR count). The van der Waals surface area contributed by atoms with Gasteiger partial charge in [-0.2, -0.15) is 0 Å². The lowest BCUT2D eigenvalue weighted by Gasteiger charge is -2.09. The van der Waals surface area contributed by atoms with Gasteiger partial charge in [0.05, 0.1) is 0 Å². The smallest absolute Gasteiger partial charge is 0.314 e. The highest BCUT2D eigenvalue weighted by atomic mass is 16.2. The molecule has 0 bridgehead atoms. The molecule has 1 atom stereocenters. The van der Waals surface area contributed by atoms with Gasteiger partial charge in [-0.1, -0.05) is 0 Å². The lowest BCUT2D eigenvalue weighted by atomic mass is 10.1. The molecule has 1 aliphatic heterocycles. The molecule has 0 aromatic rings. The first-order valence-electron chi connectivity index (χ1n) is 4.47. The summed E-state index contributed by atoms with van der Waals surface area (Å²) in [6.07, 6.45) is 2.30. The summed E-state index contributed by atoms with van der Waals surface area (Å²) in [5, 5.41) is 7.97. The van der Waals surface area contributed by atoms with E-state index in [1.165, 1.54) is 0 Å². The van der Waals surface area contributed by atoms with Crippen LogP contribution < -0.4 is 16.0 Å². The van der Waals surface area contributed by atoms with Crippen LogP contribution in [-0.2, 0) is 4.79 Å². The molecule has 1 unspecified atom stereocenters. The minimum Gasteiger partial charge on any atom is -0.353 e. The fourth-order valence-corrected chi connectivity index (χ4v) is 1.34. The van der Waals surface area contributed by atoms with Crippen LogP contribution in [0.4, 0.5) is 4.79 Å². The highest BCUT2D eigenvalue weighted by Crippen LogP contribution is 2.08. The zero-order valence-electron chi connectivity index (χ0n) is 7.72. The van der Waals surface area contributed by atoms with Gasteiger partial charge in [-0.15, -0.1) is 0 Å². The van der Waals surface area contributed by atoms with Gasteiger partial charge in [-0.3, -0.25) is 4.79 Å². The quantitative estimate of drug-likeness (QED) is 0.559. The van der Waals surface area contributed by atoms with E-state index in [9.17, 15) is 9.59 Å². The number of carbonyl (C=O) groups is 2. The molecule has 0 radical (unpaired) electrons. The van der Waals surface area contributed by atoms with Gasteiger partial charge in [0.15, 0.2) is 0 Å². The molecule has 0 aromatic carbocycles. The molecule has 1 fully saturated rings. The largest absolute Gasteiger partial charge is 0.353 e. The van der Waals surface area contributed by atoms with Crippen molar-refractivity contribution in [3.05, 3.63) is 0 Å². The molecule has 74 valence electrons. The second-order valence-electron chi connectivity index (χ2n) is 3.10. The lowest BCUT2D eigenvalue weighted by molar-refractivity contribution is -0.119. The van der Waals surface area contributed by atoms with Crippen LogP contribution >= 0.6 is 0 Å². The normalized spacial score (nSPS) is 21.0. The molecule has 3 amide bonds. The van der Waals surface area contributed by atoms with Crippen molar-refractivity contribution in [2.45, 2.75) is 25.3 Å². The molecule has 1 saturated heterocycles. The summed E-state index contributed by atoms with van der Waals surface area (Å²) in [6.45, 7) is 0.602. The van der Waals surface area contributed by atoms with Crippen molar-refractivity contribution >= 4 is 11.9 Å². The average molecular weight is 185 g/mol. The van der Waals surface area contributed by atoms with Crippen LogP contribution in [-0.4, -0.2) is 31.6 Å². The van der Waals surface area contributed by atoms with Crippen LogP contribution in [0.25, 0.3) is 0 Å². The standard InChI is InChI=1S/C8H15N3O2/c1-9-8(13)10-5-4-6-2-3-7(12)11-6/h6H,2-5H2,1H3,(H,11,12)(H2,9,10,13). The molecule has 3 N–H and O–H groups in total. The second kappa shape index (κ2) is 4.69. The van der Waals surface area contributed by atoms with Crippen LogP contribution in [0, 0.1) is 0 Å². The molecule has 1 aliphatic rings. The fourth-order valence-electron chi connectivity index (χ4n) is 1.34. The number of urea groups is 1. The Labute approximate surface area is 77.3 Å². The monoisotopic (exact) mass is 185 g/mol. The van der Waals surface area contributed by atoms with Crippen molar-refractivity contribution in [2.75, 3.05) is 13.6 Å². The van der Waals surface area contributed by atoms with Crippen LogP contribution in [0.15, 0.2) is 0 Å². The lowest BCUT2D eigenvalue weighted by Crippen LogP contribution is -2.36. The zero-order valence-corrected chi connectivity index (χ0v) is 7.72. The zero-order chi connectivity index (χ0) is 9.68. The van der Waals surface area contributed by atoms with Crippen LogP contribution in [0.1, 0.15) is 19.3 Å². The molecule has 0 spiro atoms. The summed E-state index contributed by atoms with van der Waals surface area (Å²) >= 11 is 0. The van der Waals surface area contributed by atoms with Gasteiger partial charge < -0.3 is 16.0 Å². The minimum absolute atomic E-state index is 0.116. The Morgan fingerprint density at radius 2 is 2.46 bits per heavy atom. The Morgan fingerprint density at radius 3 is 3.00 bits per heavy atom. The van der Waals surface area contributed by atoms with E-state index in [1.54, 1.807) is 7.05 Å². The second-order valence-corrected chi connectivity index (χ2v) is 3.10. The van der Waals surface area contributed by atoms with Gasteiger partial charge in [0.25, 0.3) is 0 Å². The van der Waals surface area contributed by atoms with E-state index >= 15 is 0 Å². The molecule has 1 heterocycles. The van der Waals surface area contributed by atoms with Crippen molar-refractivity contribution in [1.29, 1.82) is 0 Å². The summed E-state index contributed by atoms with van der Waals surface area (Å²) in [5.74, 6) is 0.116. The third-order valence-corrected chi connectivity index (χ3v) is 2.09. The molecule has 0 aliphatic carbocycles. The van der Waals surface area contributed by atoms with Crippen molar-refractivity contribution in [2.24, 2.45) is 0 Å². The third-order valence-electron chi connectivity index (χ3n) is 2.09. The fraction of sp³-hybridized carbons (Fsp3) is 0.750. The maximum absolute atomic E-state index is 10.8. The predicted octanol–water partition coefficient (Wildman–Crippen LogP) is -0.416. The molecule has 0 aromatic heterocycles. The predicted molar refractivity (Wildman–Crippen MR) is 48.2 cm³/mol. The first kappa shape index (κ1) is 9.83. The van der Waals surface area contributed by atoms with Gasteiger partial charge >= 0.3 is 6.03 Å². The number of nitrogens with one attached hydrogen (secondary N) is 3. The summed E-state index contributed by atoms with van der Waals surface area (Å²) in [6, 6.07) is 0.0639. The summed E-state index contributed by atoms with van der Waals surface area (Å²) in [4.78, 5) is 21.5. The Hall–Kier alpha value is -1.26. The Kier molecular flexibility index (Phi) is 3.54. The SMILES string of the molecule is CNC(=O)NCCC1CCC(=O)N1. The van der Waals surface area contributed by atoms with Gasteiger partial charge in [0.1, 0.15) is 0 Å². The van der Waals surface area contributed by atoms with Gasteiger partial charge in [-0.25, -0.2) is 4.79 Å². The molecular weight excluding hydrogens is 170 g/mol. The van der Waals surface area contributed by atoms with Crippen LogP contribution in [0.5, 0.6) is 0 Å². The third kappa shape index (κ3) is 3.31. The van der Waals surface area contributed by atoms with Crippen molar-refractivity contribution in [1.82, 2.24) is 16.0 Å². The maximum atomic E-state index is 10.8. The first-order chi connectivity index (χ1) is 6.22. The molecular formula is C8H15N3O2. The number of amides is 3. The molecule has 0 saturated carbocycles. The Morgan fingerprint density at radius 1 is 1.69 bits per heavy atom. The summed E-state index contributed by atoms with van der Waals surface area (Å²) in [5.41, 5.74) is 0. The van der Waals surface area contributed by atoms with E-state index < -0.39 is 0 Å². The Bertz CT molecular complexity index is 206. The summed E-state index contributed by atoms with van der Waals surface area (Å²) < 4.78 is 0. The first-order valence-corrected chi connectivity index (χ1v) is 4.47. The number of rotatable bonds is 3. The number of hydrogen-bond donors (Lipinski definition) is 3. The van der Waals surface area contributed by atoms with Crippen molar-refractivity contribution < 1.29 is 9.59 Å².